The quantitative estimate of drug-likeness (QED) is 0.466. The van der Waals surface area contributed by atoms with Crippen LogP contribution in [-0.2, 0) is 13.1 Å². The number of benzene rings is 1. The van der Waals surface area contributed by atoms with Crippen molar-refractivity contribution in [3.63, 3.8) is 0 Å². The Labute approximate surface area is 149 Å². The molecule has 0 aliphatic rings. The van der Waals surface area contributed by atoms with Crippen LogP contribution in [0.4, 0.5) is 0 Å². The lowest BCUT2D eigenvalue weighted by atomic mass is 10.1. The van der Waals surface area contributed by atoms with E-state index in [0.29, 0.717) is 0 Å². The molecule has 1 aromatic heterocycles. The molecule has 0 saturated heterocycles. The molecule has 5 nitrogen and oxygen atoms in total. The van der Waals surface area contributed by atoms with E-state index in [1.807, 2.05) is 24.0 Å². The van der Waals surface area contributed by atoms with E-state index >= 15 is 0 Å². The van der Waals surface area contributed by atoms with Crippen molar-refractivity contribution >= 4 is 29.9 Å². The molecular formula is C16H24IN5. The molecule has 0 unspecified atom stereocenters. The molecule has 1 aromatic carbocycles. The van der Waals surface area contributed by atoms with E-state index in [9.17, 15) is 0 Å². The fourth-order valence-electron chi connectivity index (χ4n) is 2.22. The predicted octanol–water partition coefficient (Wildman–Crippen LogP) is 2.52. The lowest BCUT2D eigenvalue weighted by Gasteiger charge is -2.23. The van der Waals surface area contributed by atoms with Crippen molar-refractivity contribution in [2.24, 2.45) is 4.99 Å². The maximum Gasteiger partial charge on any atom is 0.193 e. The Morgan fingerprint density at radius 1 is 1.32 bits per heavy atom. The smallest absolute Gasteiger partial charge is 0.193 e. The molecular weight excluding hydrogens is 389 g/mol. The molecule has 22 heavy (non-hydrogen) atoms. The van der Waals surface area contributed by atoms with Gasteiger partial charge in [0.2, 0.25) is 0 Å². The number of nitrogens with zero attached hydrogens (tertiary/aromatic N) is 4. The minimum Gasteiger partial charge on any atom is -0.354 e. The van der Waals surface area contributed by atoms with Gasteiger partial charge in [0, 0.05) is 39.6 Å². The molecule has 2 aromatic rings. The highest BCUT2D eigenvalue weighted by molar-refractivity contribution is 14.0. The van der Waals surface area contributed by atoms with Crippen molar-refractivity contribution in [1.29, 1.82) is 0 Å². The molecule has 6 heteroatoms. The summed E-state index contributed by atoms with van der Waals surface area (Å²) in [6.45, 7) is 4.60. The van der Waals surface area contributed by atoms with Gasteiger partial charge in [-0.05, 0) is 24.1 Å². The maximum absolute atomic E-state index is 4.33. The van der Waals surface area contributed by atoms with Crippen molar-refractivity contribution in [3.05, 3.63) is 53.9 Å². The normalized spacial score (nSPS) is 11.0. The molecule has 0 aliphatic carbocycles. The number of hydrogen-bond acceptors (Lipinski definition) is 2. The Hall–Kier alpha value is -1.57. The zero-order valence-corrected chi connectivity index (χ0v) is 15.7. The molecule has 0 bridgehead atoms. The number of aryl methyl sites for hydroxylation is 1. The summed E-state index contributed by atoms with van der Waals surface area (Å²) >= 11 is 0. The van der Waals surface area contributed by atoms with Crippen LogP contribution in [0.2, 0.25) is 0 Å². The van der Waals surface area contributed by atoms with Crippen LogP contribution in [0.3, 0.4) is 0 Å². The van der Waals surface area contributed by atoms with Crippen LogP contribution in [0.15, 0.2) is 47.7 Å². The molecule has 0 fully saturated rings. The molecule has 0 atom stereocenters. The van der Waals surface area contributed by atoms with Crippen LogP contribution in [0.25, 0.3) is 0 Å². The fourth-order valence-corrected chi connectivity index (χ4v) is 2.22. The Morgan fingerprint density at radius 3 is 2.73 bits per heavy atom. The van der Waals surface area contributed by atoms with E-state index < -0.39 is 0 Å². The van der Waals surface area contributed by atoms with Crippen LogP contribution in [0, 0.1) is 6.92 Å². The van der Waals surface area contributed by atoms with Gasteiger partial charge in [0.1, 0.15) is 0 Å². The van der Waals surface area contributed by atoms with Crippen molar-refractivity contribution in [1.82, 2.24) is 20.0 Å². The average Bonchev–Trinajstić information content (AvgIpc) is 2.99. The summed E-state index contributed by atoms with van der Waals surface area (Å²) in [5.41, 5.74) is 2.62. The minimum absolute atomic E-state index is 0. The first-order valence-corrected chi connectivity index (χ1v) is 7.14. The van der Waals surface area contributed by atoms with E-state index in [0.717, 1.165) is 25.6 Å². The first-order chi connectivity index (χ1) is 10.2. The average molecular weight is 413 g/mol. The predicted molar refractivity (Wildman–Crippen MR) is 102 cm³/mol. The molecule has 0 radical (unpaired) electrons. The van der Waals surface area contributed by atoms with Crippen molar-refractivity contribution in [2.45, 2.75) is 20.0 Å². The summed E-state index contributed by atoms with van der Waals surface area (Å²) in [6.07, 6.45) is 3.75. The molecule has 120 valence electrons. The first-order valence-electron chi connectivity index (χ1n) is 7.14. The number of guanidine groups is 1. The number of hydrogen-bond donors (Lipinski definition) is 1. The molecule has 1 heterocycles. The van der Waals surface area contributed by atoms with Gasteiger partial charge in [-0.15, -0.1) is 24.0 Å². The number of aliphatic imine (C=N–C) groups is 1. The van der Waals surface area contributed by atoms with Gasteiger partial charge in [-0.25, -0.2) is 0 Å². The van der Waals surface area contributed by atoms with Gasteiger partial charge in [-0.3, -0.25) is 9.67 Å². The van der Waals surface area contributed by atoms with Crippen molar-refractivity contribution in [3.8, 4) is 0 Å². The summed E-state index contributed by atoms with van der Waals surface area (Å²) in [5.74, 6) is 0.894. The molecule has 0 spiro atoms. The standard InChI is InChI=1S/C16H23N5.HI/c1-14-7-4-5-8-15(14)13-20(3)16(17-2)18-10-12-21-11-6-9-19-21;/h4-9,11H,10,12-13H2,1-3H3,(H,17,18);1H. The van der Waals surface area contributed by atoms with Gasteiger partial charge in [0.25, 0.3) is 0 Å². The largest absolute Gasteiger partial charge is 0.354 e. The van der Waals surface area contributed by atoms with E-state index in [2.05, 4.69) is 58.5 Å². The van der Waals surface area contributed by atoms with Crippen LogP contribution in [0.5, 0.6) is 0 Å². The number of nitrogens with one attached hydrogen (secondary N) is 1. The fraction of sp³-hybridized carbons (Fsp3) is 0.375. The van der Waals surface area contributed by atoms with E-state index in [-0.39, 0.29) is 24.0 Å². The van der Waals surface area contributed by atoms with Crippen LogP contribution >= 0.6 is 24.0 Å². The van der Waals surface area contributed by atoms with Crippen LogP contribution in [0.1, 0.15) is 11.1 Å². The minimum atomic E-state index is 0. The van der Waals surface area contributed by atoms with E-state index in [4.69, 9.17) is 0 Å². The zero-order valence-electron chi connectivity index (χ0n) is 13.4. The monoisotopic (exact) mass is 413 g/mol. The van der Waals surface area contributed by atoms with Gasteiger partial charge in [-0.1, -0.05) is 24.3 Å². The third kappa shape index (κ3) is 5.32. The van der Waals surface area contributed by atoms with Crippen LogP contribution in [-0.4, -0.2) is 41.3 Å². The second-order valence-electron chi connectivity index (χ2n) is 5.03. The number of halogens is 1. The van der Waals surface area contributed by atoms with Gasteiger partial charge < -0.3 is 10.2 Å². The third-order valence-electron chi connectivity index (χ3n) is 3.43. The Kier molecular flexibility index (Phi) is 7.94. The Morgan fingerprint density at radius 2 is 2.09 bits per heavy atom. The van der Waals surface area contributed by atoms with Gasteiger partial charge in [-0.2, -0.15) is 5.10 Å². The lowest BCUT2D eigenvalue weighted by Crippen LogP contribution is -2.40. The molecule has 1 N–H and O–H groups in total. The molecule has 0 amide bonds. The molecule has 0 saturated carbocycles. The summed E-state index contributed by atoms with van der Waals surface area (Å²) in [7, 11) is 3.86. The van der Waals surface area contributed by atoms with Gasteiger partial charge >= 0.3 is 0 Å². The van der Waals surface area contributed by atoms with Crippen molar-refractivity contribution < 1.29 is 0 Å². The highest BCUT2D eigenvalue weighted by Gasteiger charge is 2.07. The second-order valence-corrected chi connectivity index (χ2v) is 5.03. The first kappa shape index (κ1) is 18.5. The highest BCUT2D eigenvalue weighted by Crippen LogP contribution is 2.09. The van der Waals surface area contributed by atoms with Gasteiger partial charge in [0.15, 0.2) is 5.96 Å². The summed E-state index contributed by atoms with van der Waals surface area (Å²) in [4.78, 5) is 6.46. The number of rotatable bonds is 5. The van der Waals surface area contributed by atoms with Gasteiger partial charge in [0.05, 0.1) is 6.54 Å². The number of aromatic nitrogens is 2. The molecule has 2 rings (SSSR count). The van der Waals surface area contributed by atoms with Crippen molar-refractivity contribution in [2.75, 3.05) is 20.6 Å². The Bertz CT molecular complexity index is 580. The maximum atomic E-state index is 4.33. The molecule has 0 aliphatic heterocycles. The second kappa shape index (κ2) is 9.45. The summed E-state index contributed by atoms with van der Waals surface area (Å²) < 4.78 is 1.90. The summed E-state index contributed by atoms with van der Waals surface area (Å²) in [5, 5.41) is 7.55. The zero-order chi connectivity index (χ0) is 15.1. The van der Waals surface area contributed by atoms with E-state index in [1.54, 1.807) is 6.20 Å². The third-order valence-corrected chi connectivity index (χ3v) is 3.43. The SMILES string of the molecule is CN=C(NCCn1cccn1)N(C)Cc1ccccc1C.I. The Balaban J connectivity index is 0.00000242. The topological polar surface area (TPSA) is 45.5 Å². The highest BCUT2D eigenvalue weighted by atomic mass is 127. The van der Waals surface area contributed by atoms with Crippen LogP contribution < -0.4 is 5.32 Å². The van der Waals surface area contributed by atoms with E-state index in [1.165, 1.54) is 11.1 Å². The summed E-state index contributed by atoms with van der Waals surface area (Å²) in [6, 6.07) is 10.4. The lowest BCUT2D eigenvalue weighted by molar-refractivity contribution is 0.469.